The maximum atomic E-state index is 14.4. The molecular formula is C17H24F4N2. The lowest BCUT2D eigenvalue weighted by Gasteiger charge is -2.35. The molecule has 1 fully saturated rings. The predicted molar refractivity (Wildman–Crippen MR) is 82.7 cm³/mol. The summed E-state index contributed by atoms with van der Waals surface area (Å²) < 4.78 is 52.5. The van der Waals surface area contributed by atoms with Crippen molar-refractivity contribution in [3.63, 3.8) is 0 Å². The number of unbranched alkanes of at least 4 members (excludes halogenated alkanes) is 2. The van der Waals surface area contributed by atoms with E-state index in [0.717, 1.165) is 57.9 Å². The van der Waals surface area contributed by atoms with Crippen LogP contribution in [0.3, 0.4) is 0 Å². The van der Waals surface area contributed by atoms with Crippen molar-refractivity contribution in [1.29, 1.82) is 0 Å². The minimum atomic E-state index is -4.51. The first-order chi connectivity index (χ1) is 10.9. The van der Waals surface area contributed by atoms with Gasteiger partial charge in [0, 0.05) is 37.8 Å². The zero-order chi connectivity index (χ0) is 16.9. The number of hydrogen-bond donors (Lipinski definition) is 1. The highest BCUT2D eigenvalue weighted by atomic mass is 19.4. The minimum absolute atomic E-state index is 0.147. The first-order valence-corrected chi connectivity index (χ1v) is 8.25. The summed E-state index contributed by atoms with van der Waals surface area (Å²) in [4.78, 5) is 2.18. The van der Waals surface area contributed by atoms with Crippen LogP contribution in [0.1, 0.15) is 49.8 Å². The molecule has 2 rings (SSSR count). The smallest absolute Gasteiger partial charge is 0.314 e. The number of piperazine rings is 1. The second-order valence-electron chi connectivity index (χ2n) is 6.03. The molecule has 23 heavy (non-hydrogen) atoms. The van der Waals surface area contributed by atoms with E-state index in [4.69, 9.17) is 0 Å². The molecule has 0 bridgehead atoms. The van der Waals surface area contributed by atoms with Crippen LogP contribution >= 0.6 is 0 Å². The SMILES string of the molecule is CCCCC[C@@H](c1ccc(C(F)(F)F)cc1F)N1CCNCC1. The van der Waals surface area contributed by atoms with Crippen molar-refractivity contribution in [3.8, 4) is 0 Å². The summed E-state index contributed by atoms with van der Waals surface area (Å²) >= 11 is 0. The molecule has 0 saturated carbocycles. The van der Waals surface area contributed by atoms with E-state index in [-0.39, 0.29) is 6.04 Å². The maximum Gasteiger partial charge on any atom is 0.416 e. The molecule has 1 saturated heterocycles. The fraction of sp³-hybridized carbons (Fsp3) is 0.647. The summed E-state index contributed by atoms with van der Waals surface area (Å²) in [5.74, 6) is -0.750. The van der Waals surface area contributed by atoms with E-state index in [1.807, 2.05) is 0 Å². The highest BCUT2D eigenvalue weighted by Gasteiger charge is 2.32. The minimum Gasteiger partial charge on any atom is -0.314 e. The number of nitrogens with zero attached hydrogens (tertiary/aromatic N) is 1. The zero-order valence-corrected chi connectivity index (χ0v) is 13.4. The summed E-state index contributed by atoms with van der Waals surface area (Å²) in [7, 11) is 0. The van der Waals surface area contributed by atoms with E-state index in [2.05, 4.69) is 17.1 Å². The van der Waals surface area contributed by atoms with Gasteiger partial charge >= 0.3 is 6.18 Å². The van der Waals surface area contributed by atoms with Gasteiger partial charge in [0.2, 0.25) is 0 Å². The number of alkyl halides is 3. The molecule has 1 atom stereocenters. The topological polar surface area (TPSA) is 15.3 Å². The Morgan fingerprint density at radius 3 is 2.43 bits per heavy atom. The van der Waals surface area contributed by atoms with Crippen molar-refractivity contribution in [2.45, 2.75) is 44.8 Å². The zero-order valence-electron chi connectivity index (χ0n) is 13.4. The third-order valence-electron chi connectivity index (χ3n) is 4.36. The van der Waals surface area contributed by atoms with Crippen LogP contribution in [-0.2, 0) is 6.18 Å². The normalized spacial score (nSPS) is 18.1. The highest BCUT2D eigenvalue weighted by Crippen LogP contribution is 2.34. The van der Waals surface area contributed by atoms with Gasteiger partial charge in [-0.25, -0.2) is 4.39 Å². The van der Waals surface area contributed by atoms with Gasteiger partial charge < -0.3 is 5.32 Å². The monoisotopic (exact) mass is 332 g/mol. The van der Waals surface area contributed by atoms with Gasteiger partial charge in [-0.3, -0.25) is 4.90 Å². The molecule has 0 unspecified atom stereocenters. The molecule has 1 heterocycles. The van der Waals surface area contributed by atoms with E-state index in [1.54, 1.807) is 0 Å². The van der Waals surface area contributed by atoms with Gasteiger partial charge in [-0.15, -0.1) is 0 Å². The van der Waals surface area contributed by atoms with Gasteiger partial charge in [0.05, 0.1) is 5.56 Å². The van der Waals surface area contributed by atoms with E-state index >= 15 is 0 Å². The molecule has 1 aromatic carbocycles. The van der Waals surface area contributed by atoms with E-state index in [1.165, 1.54) is 6.07 Å². The Labute approximate surface area is 134 Å². The highest BCUT2D eigenvalue weighted by molar-refractivity contribution is 5.29. The van der Waals surface area contributed by atoms with Crippen molar-refractivity contribution in [2.24, 2.45) is 0 Å². The molecule has 1 aliphatic rings. The number of benzene rings is 1. The lowest BCUT2D eigenvalue weighted by Crippen LogP contribution is -2.45. The molecule has 1 N–H and O–H groups in total. The van der Waals surface area contributed by atoms with Crippen molar-refractivity contribution < 1.29 is 17.6 Å². The molecule has 0 amide bonds. The molecule has 0 aliphatic carbocycles. The molecule has 0 aromatic heterocycles. The third-order valence-corrected chi connectivity index (χ3v) is 4.36. The number of nitrogens with one attached hydrogen (secondary N) is 1. The van der Waals surface area contributed by atoms with Gasteiger partial charge in [-0.2, -0.15) is 13.2 Å². The van der Waals surface area contributed by atoms with Gasteiger partial charge in [0.25, 0.3) is 0 Å². The molecule has 0 spiro atoms. The predicted octanol–water partition coefficient (Wildman–Crippen LogP) is 4.37. The van der Waals surface area contributed by atoms with E-state index < -0.39 is 17.6 Å². The summed E-state index contributed by atoms with van der Waals surface area (Å²) in [6.07, 6.45) is -0.678. The largest absolute Gasteiger partial charge is 0.416 e. The van der Waals surface area contributed by atoms with Crippen molar-refractivity contribution in [2.75, 3.05) is 26.2 Å². The first kappa shape index (κ1) is 18.2. The van der Waals surface area contributed by atoms with Crippen LogP contribution < -0.4 is 5.32 Å². The van der Waals surface area contributed by atoms with Crippen LogP contribution in [0, 0.1) is 5.82 Å². The Balaban J connectivity index is 2.23. The maximum absolute atomic E-state index is 14.4. The lowest BCUT2D eigenvalue weighted by atomic mass is 9.96. The first-order valence-electron chi connectivity index (χ1n) is 8.25. The van der Waals surface area contributed by atoms with Crippen molar-refractivity contribution >= 4 is 0 Å². The Kier molecular flexibility index (Phi) is 6.41. The summed E-state index contributed by atoms with van der Waals surface area (Å²) in [6.45, 7) is 5.33. The molecule has 1 aliphatic heterocycles. The Bertz CT molecular complexity index is 496. The molecule has 0 radical (unpaired) electrons. The second-order valence-corrected chi connectivity index (χ2v) is 6.03. The Morgan fingerprint density at radius 1 is 1.17 bits per heavy atom. The van der Waals surface area contributed by atoms with Crippen LogP contribution in [0.15, 0.2) is 18.2 Å². The lowest BCUT2D eigenvalue weighted by molar-refractivity contribution is -0.137. The van der Waals surface area contributed by atoms with Crippen LogP contribution in [0.5, 0.6) is 0 Å². The van der Waals surface area contributed by atoms with Gasteiger partial charge in [-0.1, -0.05) is 32.3 Å². The van der Waals surface area contributed by atoms with Crippen LogP contribution in [0.25, 0.3) is 0 Å². The number of hydrogen-bond acceptors (Lipinski definition) is 2. The summed E-state index contributed by atoms with van der Waals surface area (Å²) in [6, 6.07) is 2.79. The van der Waals surface area contributed by atoms with Gasteiger partial charge in [0.15, 0.2) is 0 Å². The van der Waals surface area contributed by atoms with Crippen molar-refractivity contribution in [1.82, 2.24) is 10.2 Å². The Hall–Kier alpha value is -1.14. The average molecular weight is 332 g/mol. The molecule has 1 aromatic rings. The van der Waals surface area contributed by atoms with Crippen molar-refractivity contribution in [3.05, 3.63) is 35.1 Å². The second kappa shape index (κ2) is 8.11. The quantitative estimate of drug-likeness (QED) is 0.615. The Morgan fingerprint density at radius 2 is 1.87 bits per heavy atom. The molecular weight excluding hydrogens is 308 g/mol. The van der Waals surface area contributed by atoms with E-state index in [0.29, 0.717) is 11.6 Å². The molecule has 130 valence electrons. The van der Waals surface area contributed by atoms with Gasteiger partial charge in [-0.05, 0) is 18.6 Å². The third kappa shape index (κ3) is 4.91. The van der Waals surface area contributed by atoms with Crippen LogP contribution in [0.4, 0.5) is 17.6 Å². The van der Waals surface area contributed by atoms with Gasteiger partial charge in [0.1, 0.15) is 5.82 Å². The van der Waals surface area contributed by atoms with Crippen LogP contribution in [-0.4, -0.2) is 31.1 Å². The molecule has 2 nitrogen and oxygen atoms in total. The number of rotatable bonds is 6. The molecule has 6 heteroatoms. The standard InChI is InChI=1S/C17H24F4N2/c1-2-3-4-5-16(23-10-8-22-9-11-23)14-7-6-13(12-15(14)18)17(19,20)21/h6-7,12,16,22H,2-5,8-11H2,1H3/t16-/m0/s1. The number of halogens is 4. The average Bonchev–Trinajstić information content (AvgIpc) is 2.52. The van der Waals surface area contributed by atoms with E-state index in [9.17, 15) is 17.6 Å². The summed E-state index contributed by atoms with van der Waals surface area (Å²) in [5.41, 5.74) is -0.539. The fourth-order valence-electron chi connectivity index (χ4n) is 3.09. The fourth-order valence-corrected chi connectivity index (χ4v) is 3.09. The van der Waals surface area contributed by atoms with Crippen LogP contribution in [0.2, 0.25) is 0 Å². The summed E-state index contributed by atoms with van der Waals surface area (Å²) in [5, 5.41) is 3.25.